The number of ether oxygens (including phenoxy) is 1. The Hall–Kier alpha value is -2.97. The molecule has 0 aliphatic carbocycles. The molecule has 0 atom stereocenters. The third-order valence-electron chi connectivity index (χ3n) is 5.43. The molecule has 0 bridgehead atoms. The molecule has 0 unspecified atom stereocenters. The maximum absolute atomic E-state index is 13.6. The lowest BCUT2D eigenvalue weighted by Crippen LogP contribution is -2.38. The second-order valence-electron chi connectivity index (χ2n) is 7.96. The fourth-order valence-electron chi connectivity index (χ4n) is 3.53. The van der Waals surface area contributed by atoms with Gasteiger partial charge in [0.15, 0.2) is 0 Å². The van der Waals surface area contributed by atoms with Gasteiger partial charge in [0.25, 0.3) is 10.0 Å². The van der Waals surface area contributed by atoms with Crippen LogP contribution in [0.2, 0.25) is 0 Å². The Kier molecular flexibility index (Phi) is 9.63. The van der Waals surface area contributed by atoms with Crippen LogP contribution in [0.3, 0.4) is 0 Å². The number of anilines is 2. The molecule has 0 heterocycles. The van der Waals surface area contributed by atoms with Crippen molar-refractivity contribution in [2.45, 2.75) is 42.9 Å². The first kappa shape index (κ1) is 26.6. The lowest BCUT2D eigenvalue weighted by Gasteiger charge is -2.24. The van der Waals surface area contributed by atoms with Gasteiger partial charge in [-0.15, -0.1) is 11.8 Å². The van der Waals surface area contributed by atoms with Crippen molar-refractivity contribution >= 4 is 39.1 Å². The highest BCUT2D eigenvalue weighted by atomic mass is 32.2. The van der Waals surface area contributed by atoms with Crippen molar-refractivity contribution in [3.8, 4) is 5.75 Å². The second kappa shape index (κ2) is 12.7. The Labute approximate surface area is 212 Å². The monoisotopic (exact) mass is 512 g/mol. The first-order valence-corrected chi connectivity index (χ1v) is 14.3. The zero-order chi connectivity index (χ0) is 25.3. The number of aryl methyl sites for hydroxylation is 1. The predicted octanol–water partition coefficient (Wildman–Crippen LogP) is 5.98. The van der Waals surface area contributed by atoms with Gasteiger partial charge in [-0.1, -0.05) is 25.5 Å². The molecule has 0 aromatic heterocycles. The highest BCUT2D eigenvalue weighted by molar-refractivity contribution is 7.98. The minimum absolute atomic E-state index is 0.122. The van der Waals surface area contributed by atoms with E-state index in [0.717, 1.165) is 28.5 Å². The van der Waals surface area contributed by atoms with E-state index in [1.165, 1.54) is 17.3 Å². The number of nitrogens with one attached hydrogen (secondary N) is 1. The van der Waals surface area contributed by atoms with Gasteiger partial charge in [-0.3, -0.25) is 9.10 Å². The number of nitrogens with zero attached hydrogens (tertiary/aromatic N) is 1. The SMILES string of the molecule is CCCCc1ccc(NC(=O)CN(c2ccc(OCC)cc2)S(=O)(=O)c2ccc(SC)cc2)cc1. The second-order valence-corrected chi connectivity index (χ2v) is 10.7. The van der Waals surface area contributed by atoms with E-state index in [2.05, 4.69) is 12.2 Å². The Morgan fingerprint density at radius 3 is 2.17 bits per heavy atom. The van der Waals surface area contributed by atoms with E-state index in [0.29, 0.717) is 23.7 Å². The molecule has 3 aromatic carbocycles. The molecule has 0 saturated heterocycles. The third-order valence-corrected chi connectivity index (χ3v) is 7.96. The molecule has 1 amide bonds. The van der Waals surface area contributed by atoms with E-state index in [1.807, 2.05) is 37.4 Å². The van der Waals surface area contributed by atoms with Gasteiger partial charge in [0.05, 0.1) is 17.2 Å². The lowest BCUT2D eigenvalue weighted by atomic mass is 10.1. The molecule has 0 aliphatic rings. The average Bonchev–Trinajstić information content (AvgIpc) is 2.87. The molecule has 8 heteroatoms. The van der Waals surface area contributed by atoms with Crippen LogP contribution in [0.4, 0.5) is 11.4 Å². The summed E-state index contributed by atoms with van der Waals surface area (Å²) in [7, 11) is -3.99. The van der Waals surface area contributed by atoms with Crippen LogP contribution in [-0.2, 0) is 21.2 Å². The molecule has 0 saturated carbocycles. The topological polar surface area (TPSA) is 75.7 Å². The largest absolute Gasteiger partial charge is 0.494 e. The van der Waals surface area contributed by atoms with Gasteiger partial charge < -0.3 is 10.1 Å². The molecule has 6 nitrogen and oxygen atoms in total. The molecule has 186 valence electrons. The first-order chi connectivity index (χ1) is 16.9. The van der Waals surface area contributed by atoms with Crippen LogP contribution < -0.4 is 14.4 Å². The van der Waals surface area contributed by atoms with Gasteiger partial charge >= 0.3 is 0 Å². The molecule has 0 aliphatic heterocycles. The van der Waals surface area contributed by atoms with Gasteiger partial charge in [0, 0.05) is 10.6 Å². The standard InChI is InChI=1S/C27H32N2O4S2/c1-4-6-7-21-8-10-22(11-9-21)28-27(30)20-29(23-12-14-24(15-13-23)33-5-2)35(31,32)26-18-16-25(34-3)17-19-26/h8-19H,4-7,20H2,1-3H3,(H,28,30). The molecular weight excluding hydrogens is 480 g/mol. The molecule has 0 radical (unpaired) electrons. The summed E-state index contributed by atoms with van der Waals surface area (Å²) in [5, 5.41) is 2.83. The molecule has 1 N–H and O–H groups in total. The Morgan fingerprint density at radius 2 is 1.60 bits per heavy atom. The summed E-state index contributed by atoms with van der Waals surface area (Å²) in [6.07, 6.45) is 5.15. The van der Waals surface area contributed by atoms with Gasteiger partial charge in [-0.2, -0.15) is 0 Å². The zero-order valence-electron chi connectivity index (χ0n) is 20.4. The number of benzene rings is 3. The Bertz CT molecular complexity index is 1190. The van der Waals surface area contributed by atoms with Crippen LogP contribution in [-0.4, -0.2) is 33.7 Å². The summed E-state index contributed by atoms with van der Waals surface area (Å²) in [6, 6.07) is 21.0. The van der Waals surface area contributed by atoms with Crippen molar-refractivity contribution in [1.29, 1.82) is 0 Å². The number of hydrogen-bond acceptors (Lipinski definition) is 5. The van der Waals surface area contributed by atoms with Crippen molar-refractivity contribution in [3.63, 3.8) is 0 Å². The number of thioether (sulfide) groups is 1. The summed E-state index contributed by atoms with van der Waals surface area (Å²) >= 11 is 1.53. The van der Waals surface area contributed by atoms with Crippen molar-refractivity contribution in [1.82, 2.24) is 0 Å². The zero-order valence-corrected chi connectivity index (χ0v) is 22.0. The molecular formula is C27H32N2O4S2. The summed E-state index contributed by atoms with van der Waals surface area (Å²) in [5.74, 6) is 0.204. The number of carbonyl (C=O) groups excluding carboxylic acids is 1. The van der Waals surface area contributed by atoms with Gasteiger partial charge in [0.2, 0.25) is 5.91 Å². The third kappa shape index (κ3) is 7.26. The van der Waals surface area contributed by atoms with E-state index in [1.54, 1.807) is 48.5 Å². The fraction of sp³-hybridized carbons (Fsp3) is 0.296. The van der Waals surface area contributed by atoms with Crippen LogP contribution in [0.5, 0.6) is 5.75 Å². The number of hydrogen-bond donors (Lipinski definition) is 1. The van der Waals surface area contributed by atoms with Crippen LogP contribution in [0.25, 0.3) is 0 Å². The normalized spacial score (nSPS) is 11.2. The first-order valence-electron chi connectivity index (χ1n) is 11.7. The minimum Gasteiger partial charge on any atom is -0.494 e. The van der Waals surface area contributed by atoms with Crippen molar-refractivity contribution < 1.29 is 17.9 Å². The summed E-state index contributed by atoms with van der Waals surface area (Å²) in [6.45, 7) is 4.17. The maximum atomic E-state index is 13.6. The van der Waals surface area contributed by atoms with Gasteiger partial charge in [-0.25, -0.2) is 8.42 Å². The quantitative estimate of drug-likeness (QED) is 0.302. The van der Waals surface area contributed by atoms with E-state index >= 15 is 0 Å². The van der Waals surface area contributed by atoms with E-state index in [9.17, 15) is 13.2 Å². The molecule has 0 fully saturated rings. The minimum atomic E-state index is -3.99. The van der Waals surface area contributed by atoms with E-state index in [4.69, 9.17) is 4.74 Å². The summed E-state index contributed by atoms with van der Waals surface area (Å²) < 4.78 is 33.8. The summed E-state index contributed by atoms with van der Waals surface area (Å²) in [5.41, 5.74) is 2.22. The molecule has 3 aromatic rings. The number of carbonyl (C=O) groups is 1. The van der Waals surface area contributed by atoms with Crippen molar-refractivity contribution in [3.05, 3.63) is 78.4 Å². The Morgan fingerprint density at radius 1 is 0.943 bits per heavy atom. The molecule has 35 heavy (non-hydrogen) atoms. The number of amides is 1. The smallest absolute Gasteiger partial charge is 0.264 e. The van der Waals surface area contributed by atoms with E-state index in [-0.39, 0.29) is 11.4 Å². The van der Waals surface area contributed by atoms with E-state index < -0.39 is 15.9 Å². The predicted molar refractivity (Wildman–Crippen MR) is 144 cm³/mol. The van der Waals surface area contributed by atoms with Crippen LogP contribution in [0, 0.1) is 0 Å². The van der Waals surface area contributed by atoms with Crippen molar-refractivity contribution in [2.75, 3.05) is 29.0 Å². The highest BCUT2D eigenvalue weighted by Gasteiger charge is 2.27. The van der Waals surface area contributed by atoms with Gasteiger partial charge in [0.1, 0.15) is 12.3 Å². The fourth-order valence-corrected chi connectivity index (χ4v) is 5.36. The average molecular weight is 513 g/mol. The maximum Gasteiger partial charge on any atom is 0.264 e. The number of unbranched alkanes of at least 4 members (excludes halogenated alkanes) is 1. The van der Waals surface area contributed by atoms with Gasteiger partial charge in [-0.05, 0) is 92.2 Å². The van der Waals surface area contributed by atoms with Crippen LogP contribution in [0.15, 0.2) is 82.6 Å². The number of rotatable bonds is 12. The highest BCUT2D eigenvalue weighted by Crippen LogP contribution is 2.27. The summed E-state index contributed by atoms with van der Waals surface area (Å²) in [4.78, 5) is 14.0. The lowest BCUT2D eigenvalue weighted by molar-refractivity contribution is -0.114. The van der Waals surface area contributed by atoms with Crippen LogP contribution in [0.1, 0.15) is 32.3 Å². The van der Waals surface area contributed by atoms with Crippen molar-refractivity contribution in [2.24, 2.45) is 0 Å². The molecule has 3 rings (SSSR count). The number of sulfonamides is 1. The van der Waals surface area contributed by atoms with Crippen LogP contribution >= 0.6 is 11.8 Å². The molecule has 0 spiro atoms. The Balaban J connectivity index is 1.85.